The van der Waals surface area contributed by atoms with Crippen LogP contribution in [0, 0.1) is 0 Å². The molecule has 0 fully saturated rings. The second-order valence-corrected chi connectivity index (χ2v) is 33.6. The van der Waals surface area contributed by atoms with E-state index in [1.807, 2.05) is 18.2 Å². The molecule has 0 amide bonds. The Labute approximate surface area is 620 Å². The molecule has 4 nitrogen and oxygen atoms in total. The van der Waals surface area contributed by atoms with Gasteiger partial charge in [0, 0.05) is 55.6 Å². The molecule has 2 aliphatic heterocycles. The van der Waals surface area contributed by atoms with Crippen LogP contribution >= 0.6 is 0 Å². The van der Waals surface area contributed by atoms with Crippen molar-refractivity contribution in [1.29, 1.82) is 0 Å². The molecule has 0 bridgehead atoms. The average molecular weight is 1340 g/mol. The molecule has 2 aromatic heterocycles. The molecule has 2 aliphatic rings. The van der Waals surface area contributed by atoms with E-state index in [9.17, 15) is 11.0 Å². The van der Waals surface area contributed by atoms with Gasteiger partial charge in [-0.1, -0.05) is 310 Å². The Hall–Kier alpha value is -10.9. The molecule has 0 radical (unpaired) electrons. The zero-order chi connectivity index (χ0) is 78.4. The topological polar surface area (TPSA) is 24.6 Å². The van der Waals surface area contributed by atoms with E-state index in [1.165, 1.54) is 22.3 Å². The molecule has 0 aliphatic carbocycles. The smallest absolute Gasteiger partial charge is 0.252 e. The molecule has 506 valence electrons. The standard InChI is InChI=1S/C98H90BN3O/c1-94(2,3)68-49-66(50-69(55-68)95(4,5)6)64-43-46-80-84(53-64)101(92-78(62-33-21-17-22-34-62)57-72(98(13,14)15)58-79(92)63-35-23-18-24-36-63)86-59-73(100-82-40-28-25-37-75(82)76-38-26-29-41-83(76)100)60-87-91(86)99(80)81-47-44-65(67-51-70(96(7,8)9)56-71(52-67)97(10,11)12)54-85(81)102(87)93-74(61-31-19-16-20-32-61)45-48-89-90(93)77-39-27-30-42-88(77)103-89/h16-60H,1-15H3/i25D,26D,28D,29D,37D,38D,40D,41D. The highest BCUT2D eigenvalue weighted by molar-refractivity contribution is 7.00. The summed E-state index contributed by atoms with van der Waals surface area (Å²) in [6.07, 6.45) is 0. The maximum Gasteiger partial charge on any atom is 0.252 e. The van der Waals surface area contributed by atoms with Crippen molar-refractivity contribution in [2.45, 2.75) is 131 Å². The number of anilines is 6. The summed E-state index contributed by atoms with van der Waals surface area (Å²) in [6, 6.07) is 77.9. The lowest BCUT2D eigenvalue weighted by molar-refractivity contribution is 0.568. The van der Waals surface area contributed by atoms with Crippen LogP contribution in [0.5, 0.6) is 0 Å². The first kappa shape index (κ1) is 56.7. The molecule has 5 heteroatoms. The molecular weight excluding hydrogens is 1250 g/mol. The fourth-order valence-electron chi connectivity index (χ4n) is 15.8. The van der Waals surface area contributed by atoms with Gasteiger partial charge in [-0.15, -0.1) is 0 Å². The van der Waals surface area contributed by atoms with Gasteiger partial charge in [-0.3, -0.25) is 0 Å². The van der Waals surface area contributed by atoms with Crippen molar-refractivity contribution >= 4 is 101 Å². The number of para-hydroxylation sites is 3. The summed E-state index contributed by atoms with van der Waals surface area (Å²) >= 11 is 0. The molecule has 4 heterocycles. The van der Waals surface area contributed by atoms with Crippen LogP contribution in [-0.2, 0) is 27.1 Å². The number of benzene rings is 13. The van der Waals surface area contributed by atoms with Gasteiger partial charge in [0.2, 0.25) is 0 Å². The van der Waals surface area contributed by atoms with Gasteiger partial charge >= 0.3 is 0 Å². The Morgan fingerprint density at radius 1 is 0.311 bits per heavy atom. The highest BCUT2D eigenvalue weighted by atomic mass is 16.3. The molecule has 15 aromatic rings. The number of aromatic nitrogens is 1. The van der Waals surface area contributed by atoms with E-state index in [-0.39, 0.29) is 48.9 Å². The van der Waals surface area contributed by atoms with Crippen LogP contribution in [0.3, 0.4) is 0 Å². The minimum absolute atomic E-state index is 0.0124. The maximum atomic E-state index is 10.2. The molecule has 0 N–H and O–H groups in total. The SMILES string of the molecule is [2H]c1c([2H])c([2H])c2c(c1[2H])c1c([2H])c([2H])c([2H])c([2H])c1n2-c1cc2c3c(c1)N(c1c(-c4ccccc4)ccc4oc5ccccc5c14)c1cc(-c4cc(C(C)(C)C)cc(C(C)(C)C)c4)ccc1B3c1ccc(-c3cc(C(C)(C)C)cc(C(C)(C)C)c3)cc1N2c1c(-c2ccccc2)cc(C(C)(C)C)cc1-c1ccccc1. The van der Waals surface area contributed by atoms with Crippen molar-refractivity contribution in [2.24, 2.45) is 0 Å². The summed E-state index contributed by atoms with van der Waals surface area (Å²) < 4.78 is 86.8. The number of hydrogen-bond acceptors (Lipinski definition) is 3. The fourth-order valence-corrected chi connectivity index (χ4v) is 15.8. The van der Waals surface area contributed by atoms with Crippen LogP contribution in [0.4, 0.5) is 34.1 Å². The zero-order valence-corrected chi connectivity index (χ0v) is 61.7. The van der Waals surface area contributed by atoms with Gasteiger partial charge < -0.3 is 18.8 Å². The van der Waals surface area contributed by atoms with E-state index < -0.39 is 55.1 Å². The van der Waals surface area contributed by atoms with Crippen LogP contribution in [0.25, 0.3) is 105 Å². The molecule has 103 heavy (non-hydrogen) atoms. The van der Waals surface area contributed by atoms with Crippen LogP contribution in [-0.4, -0.2) is 11.3 Å². The van der Waals surface area contributed by atoms with Gasteiger partial charge in [0.25, 0.3) is 6.71 Å². The summed E-state index contributed by atoms with van der Waals surface area (Å²) in [5.74, 6) is 0. The molecule has 13 aromatic carbocycles. The minimum Gasteiger partial charge on any atom is -0.456 e. The monoisotopic (exact) mass is 1340 g/mol. The van der Waals surface area contributed by atoms with Crippen LogP contribution in [0.15, 0.2) is 277 Å². The number of fused-ring (bicyclic) bond motifs is 10. The van der Waals surface area contributed by atoms with Crippen molar-refractivity contribution in [3.8, 4) is 61.3 Å². The Kier molecular flexibility index (Phi) is 13.1. The number of nitrogens with zero attached hydrogens (tertiary/aromatic N) is 3. The highest BCUT2D eigenvalue weighted by Gasteiger charge is 2.46. The van der Waals surface area contributed by atoms with Gasteiger partial charge in [-0.25, -0.2) is 0 Å². The Bertz CT molecular complexity index is 6200. The Morgan fingerprint density at radius 3 is 1.16 bits per heavy atom. The second-order valence-electron chi connectivity index (χ2n) is 33.6. The first-order chi connectivity index (χ1) is 52.6. The van der Waals surface area contributed by atoms with E-state index in [4.69, 9.17) is 4.42 Å². The summed E-state index contributed by atoms with van der Waals surface area (Å²) in [7, 11) is 0. The summed E-state index contributed by atoms with van der Waals surface area (Å²) in [4.78, 5) is 4.91. The van der Waals surface area contributed by atoms with E-state index in [2.05, 4.69) is 320 Å². The lowest BCUT2D eigenvalue weighted by atomic mass is 9.33. The summed E-state index contributed by atoms with van der Waals surface area (Å²) in [6.45, 7) is 33.6. The molecule has 0 saturated heterocycles. The van der Waals surface area contributed by atoms with Gasteiger partial charge in [0.05, 0.1) is 44.4 Å². The molecule has 0 spiro atoms. The summed E-state index contributed by atoms with van der Waals surface area (Å²) in [5, 5.41) is 1.74. The van der Waals surface area contributed by atoms with Crippen LogP contribution in [0.1, 0.15) is 143 Å². The average Bonchev–Trinajstić information content (AvgIpc) is 1.62. The number of hydrogen-bond donors (Lipinski definition) is 0. The van der Waals surface area contributed by atoms with Gasteiger partial charge in [-0.2, -0.15) is 0 Å². The third-order valence-electron chi connectivity index (χ3n) is 21.5. The van der Waals surface area contributed by atoms with Crippen molar-refractivity contribution in [3.63, 3.8) is 0 Å². The quantitative estimate of drug-likeness (QED) is 0.142. The van der Waals surface area contributed by atoms with Gasteiger partial charge in [-0.05, 0) is 177 Å². The van der Waals surface area contributed by atoms with Crippen molar-refractivity contribution in [1.82, 2.24) is 4.57 Å². The molecule has 0 saturated carbocycles. The van der Waals surface area contributed by atoms with Gasteiger partial charge in [0.15, 0.2) is 0 Å². The number of furan rings is 1. The van der Waals surface area contributed by atoms with E-state index in [0.717, 1.165) is 122 Å². The first-order valence-corrected chi connectivity index (χ1v) is 36.3. The predicted molar refractivity (Wildman–Crippen MR) is 443 cm³/mol. The molecular formula is C98H90BN3O. The Morgan fingerprint density at radius 2 is 0.709 bits per heavy atom. The normalized spacial score (nSPS) is 14.4. The largest absolute Gasteiger partial charge is 0.456 e. The molecule has 17 rings (SSSR count). The van der Waals surface area contributed by atoms with E-state index in [1.54, 1.807) is 4.57 Å². The third-order valence-corrected chi connectivity index (χ3v) is 21.5. The Balaban J connectivity index is 1.14. The second kappa shape index (κ2) is 23.9. The van der Waals surface area contributed by atoms with Crippen LogP contribution < -0.4 is 26.2 Å². The first-order valence-electron chi connectivity index (χ1n) is 40.3. The number of rotatable bonds is 8. The third kappa shape index (κ3) is 11.1. The zero-order valence-electron chi connectivity index (χ0n) is 69.7. The van der Waals surface area contributed by atoms with Crippen molar-refractivity contribution in [2.75, 3.05) is 9.80 Å². The maximum absolute atomic E-state index is 10.2. The van der Waals surface area contributed by atoms with Gasteiger partial charge in [0.1, 0.15) is 11.2 Å². The van der Waals surface area contributed by atoms with Crippen molar-refractivity contribution < 1.29 is 15.4 Å². The fraction of sp³-hybridized carbons (Fsp3) is 0.204. The predicted octanol–water partition coefficient (Wildman–Crippen LogP) is 25.6. The summed E-state index contributed by atoms with van der Waals surface area (Å²) in [5.41, 5.74) is 24.4. The van der Waals surface area contributed by atoms with E-state index >= 15 is 0 Å². The minimum atomic E-state index is -0.524. The van der Waals surface area contributed by atoms with Crippen LogP contribution in [0.2, 0.25) is 0 Å². The lowest BCUT2D eigenvalue weighted by Gasteiger charge is -2.46. The van der Waals surface area contributed by atoms with E-state index in [0.29, 0.717) is 16.9 Å². The molecule has 0 atom stereocenters. The van der Waals surface area contributed by atoms with Crippen molar-refractivity contribution in [3.05, 3.63) is 301 Å². The lowest BCUT2D eigenvalue weighted by Crippen LogP contribution is -2.61. The highest BCUT2D eigenvalue weighted by Crippen LogP contribution is 2.56. The molecule has 0 unspecified atom stereocenters.